The van der Waals surface area contributed by atoms with Crippen molar-refractivity contribution in [3.05, 3.63) is 53.6 Å². The fraction of sp³-hybridized carbons (Fsp3) is 0.478. The molecule has 0 spiro atoms. The highest BCUT2D eigenvalue weighted by Gasteiger charge is 2.52. The molecule has 130 valence electrons. The molecule has 1 atom stereocenters. The van der Waals surface area contributed by atoms with Crippen LogP contribution in [-0.2, 0) is 11.5 Å². The Labute approximate surface area is 150 Å². The molecule has 0 amide bonds. The molecule has 0 bridgehead atoms. The lowest BCUT2D eigenvalue weighted by molar-refractivity contribution is 0.695. The Morgan fingerprint density at radius 3 is 2.17 bits per heavy atom. The van der Waals surface area contributed by atoms with Gasteiger partial charge in [-0.1, -0.05) is 103 Å². The predicted octanol–water partition coefficient (Wildman–Crippen LogP) is 6.47. The van der Waals surface area contributed by atoms with E-state index in [0.717, 1.165) is 0 Å². The third-order valence-electron chi connectivity index (χ3n) is 6.10. The summed E-state index contributed by atoms with van der Waals surface area (Å²) in [5.41, 5.74) is 6.26. The highest BCUT2D eigenvalue weighted by atomic mass is 28.3. The van der Waals surface area contributed by atoms with Gasteiger partial charge in [0.2, 0.25) is 0 Å². The molecular weight excluding hydrogens is 304 g/mol. The SMILES string of the molecule is CC.CC.CC1(C)c2ccccc2-c2cccc3c2[Si]1(C)CCC3. The summed E-state index contributed by atoms with van der Waals surface area (Å²) in [6.45, 7) is 15.6. The predicted molar refractivity (Wildman–Crippen MR) is 112 cm³/mol. The summed E-state index contributed by atoms with van der Waals surface area (Å²) < 4.78 is 0. The van der Waals surface area contributed by atoms with Gasteiger partial charge in [-0.3, -0.25) is 0 Å². The fourth-order valence-corrected chi connectivity index (χ4v) is 9.55. The minimum absolute atomic E-state index is 0.340. The first-order valence-electron chi connectivity index (χ1n) is 9.78. The van der Waals surface area contributed by atoms with Crippen molar-refractivity contribution < 1.29 is 0 Å². The van der Waals surface area contributed by atoms with Crippen molar-refractivity contribution in [3.8, 4) is 11.1 Å². The van der Waals surface area contributed by atoms with Gasteiger partial charge >= 0.3 is 0 Å². The van der Waals surface area contributed by atoms with Crippen LogP contribution in [0.2, 0.25) is 12.6 Å². The van der Waals surface area contributed by atoms with Gasteiger partial charge < -0.3 is 0 Å². The maximum absolute atomic E-state index is 2.63. The van der Waals surface area contributed by atoms with Crippen LogP contribution in [0.1, 0.15) is 59.1 Å². The highest BCUT2D eigenvalue weighted by molar-refractivity contribution is 6.95. The Hall–Kier alpha value is -1.34. The first kappa shape index (κ1) is 19.0. The summed E-state index contributed by atoms with van der Waals surface area (Å²) in [6, 6.07) is 17.6. The first-order chi connectivity index (χ1) is 11.6. The molecule has 0 fully saturated rings. The Bertz CT molecular complexity index is 699. The number of benzene rings is 2. The molecule has 2 aliphatic rings. The summed E-state index contributed by atoms with van der Waals surface area (Å²) in [4.78, 5) is 0. The van der Waals surface area contributed by atoms with Gasteiger partial charge in [0.1, 0.15) is 0 Å². The number of fused-ring (bicyclic) bond motifs is 2. The zero-order valence-electron chi connectivity index (χ0n) is 16.7. The van der Waals surface area contributed by atoms with Gasteiger partial charge in [0.05, 0.1) is 8.07 Å². The second-order valence-corrected chi connectivity index (χ2v) is 12.1. The van der Waals surface area contributed by atoms with Crippen LogP contribution in [0.15, 0.2) is 42.5 Å². The molecule has 0 N–H and O–H groups in total. The molecule has 1 heteroatoms. The van der Waals surface area contributed by atoms with Crippen molar-refractivity contribution in [3.63, 3.8) is 0 Å². The summed E-state index contributed by atoms with van der Waals surface area (Å²) >= 11 is 0. The van der Waals surface area contributed by atoms with E-state index in [1.165, 1.54) is 24.4 Å². The Morgan fingerprint density at radius 1 is 0.833 bits per heavy atom. The van der Waals surface area contributed by atoms with E-state index in [4.69, 9.17) is 0 Å². The average molecular weight is 339 g/mol. The molecule has 2 aromatic carbocycles. The topological polar surface area (TPSA) is 0 Å². The van der Waals surface area contributed by atoms with Crippen molar-refractivity contribution in [2.75, 3.05) is 0 Å². The van der Waals surface area contributed by atoms with Crippen LogP contribution in [0.5, 0.6) is 0 Å². The third-order valence-corrected chi connectivity index (χ3v) is 12.2. The van der Waals surface area contributed by atoms with Crippen molar-refractivity contribution >= 4 is 13.3 Å². The van der Waals surface area contributed by atoms with Crippen molar-refractivity contribution in [2.24, 2.45) is 0 Å². The summed E-state index contributed by atoms with van der Waals surface area (Å²) in [7, 11) is -1.47. The Kier molecular flexibility index (Phi) is 5.75. The number of aryl methyl sites for hydroxylation is 1. The molecule has 0 nitrogen and oxygen atoms in total. The molecule has 2 aromatic rings. The van der Waals surface area contributed by atoms with E-state index in [1.54, 1.807) is 21.9 Å². The quantitative estimate of drug-likeness (QED) is 0.483. The number of hydrogen-bond donors (Lipinski definition) is 0. The van der Waals surface area contributed by atoms with Crippen molar-refractivity contribution in [1.29, 1.82) is 0 Å². The summed E-state index contributed by atoms with van der Waals surface area (Å²) in [5, 5.41) is 2.11. The lowest BCUT2D eigenvalue weighted by Gasteiger charge is -2.51. The minimum Gasteiger partial charge on any atom is -0.0683 e. The normalized spacial score (nSPS) is 22.0. The monoisotopic (exact) mass is 338 g/mol. The van der Waals surface area contributed by atoms with Crippen LogP contribution < -0.4 is 5.19 Å². The van der Waals surface area contributed by atoms with Crippen molar-refractivity contribution in [2.45, 2.75) is 72.0 Å². The molecule has 1 unspecified atom stereocenters. The molecule has 4 rings (SSSR count). The second-order valence-electron chi connectivity index (χ2n) is 7.20. The van der Waals surface area contributed by atoms with Crippen LogP contribution in [0, 0.1) is 0 Å². The molecule has 0 aromatic heterocycles. The highest BCUT2D eigenvalue weighted by Crippen LogP contribution is 2.48. The molecule has 0 radical (unpaired) electrons. The van der Waals surface area contributed by atoms with Crippen molar-refractivity contribution in [1.82, 2.24) is 0 Å². The molecule has 0 saturated heterocycles. The summed E-state index contributed by atoms with van der Waals surface area (Å²) in [5.74, 6) is 0. The zero-order valence-corrected chi connectivity index (χ0v) is 17.7. The largest absolute Gasteiger partial charge is 0.0947 e. The van der Waals surface area contributed by atoms with E-state index >= 15 is 0 Å². The van der Waals surface area contributed by atoms with Gasteiger partial charge in [0, 0.05) is 0 Å². The molecule has 24 heavy (non-hydrogen) atoms. The molecule has 0 aliphatic carbocycles. The standard InChI is InChI=1S/C19H22Si.2C2H6/c1-19(2)17-12-5-4-10-15(17)16-11-6-8-14-9-7-13-20(19,3)18(14)16;2*1-2/h4-6,8,10-12H,7,9,13H2,1-3H3;2*1-2H3. The molecule has 2 heterocycles. The van der Waals surface area contributed by atoms with E-state index < -0.39 is 8.07 Å². The lowest BCUT2D eigenvalue weighted by Crippen LogP contribution is -2.64. The minimum atomic E-state index is -1.47. The van der Waals surface area contributed by atoms with Crippen LogP contribution in [0.25, 0.3) is 11.1 Å². The fourth-order valence-electron chi connectivity index (χ4n) is 4.63. The van der Waals surface area contributed by atoms with Gasteiger partial charge in [-0.05, 0) is 38.9 Å². The third kappa shape index (κ3) is 2.58. The van der Waals surface area contributed by atoms with E-state index in [1.807, 2.05) is 27.7 Å². The maximum Gasteiger partial charge on any atom is 0.0947 e. The van der Waals surface area contributed by atoms with Gasteiger partial charge in [-0.2, -0.15) is 0 Å². The van der Waals surface area contributed by atoms with Crippen LogP contribution in [0.4, 0.5) is 0 Å². The van der Waals surface area contributed by atoms with E-state index in [2.05, 4.69) is 62.9 Å². The maximum atomic E-state index is 2.63. The Balaban J connectivity index is 0.000000487. The number of hydrogen-bond acceptors (Lipinski definition) is 0. The van der Waals surface area contributed by atoms with E-state index in [9.17, 15) is 0 Å². The first-order valence-corrected chi connectivity index (χ1v) is 12.5. The van der Waals surface area contributed by atoms with E-state index in [0.29, 0.717) is 5.04 Å². The molecule has 0 saturated carbocycles. The van der Waals surface area contributed by atoms with Gasteiger partial charge in [-0.15, -0.1) is 0 Å². The van der Waals surface area contributed by atoms with Gasteiger partial charge in [0.25, 0.3) is 0 Å². The van der Waals surface area contributed by atoms with Crippen LogP contribution in [0.3, 0.4) is 0 Å². The van der Waals surface area contributed by atoms with E-state index in [-0.39, 0.29) is 0 Å². The number of rotatable bonds is 0. The van der Waals surface area contributed by atoms with Gasteiger partial charge in [-0.25, -0.2) is 0 Å². The lowest BCUT2D eigenvalue weighted by atomic mass is 9.89. The van der Waals surface area contributed by atoms with Crippen LogP contribution >= 0.6 is 0 Å². The second kappa shape index (κ2) is 7.27. The van der Waals surface area contributed by atoms with Gasteiger partial charge in [0.15, 0.2) is 0 Å². The molecule has 2 aliphatic heterocycles. The Morgan fingerprint density at radius 2 is 1.46 bits per heavy atom. The summed E-state index contributed by atoms with van der Waals surface area (Å²) in [6.07, 6.45) is 2.66. The average Bonchev–Trinajstić information content (AvgIpc) is 2.64. The smallest absolute Gasteiger partial charge is 0.0683 e. The zero-order chi connectivity index (χ0) is 18.0. The van der Waals surface area contributed by atoms with Crippen LogP contribution in [-0.4, -0.2) is 8.07 Å². The molecular formula is C23H34Si.